The van der Waals surface area contributed by atoms with Gasteiger partial charge in [0, 0.05) is 6.54 Å². The largest absolute Gasteiger partial charge is 0.481 e. The Balaban J connectivity index is 2.92. The number of carboxylic acids is 2. The molecule has 0 aromatic carbocycles. The summed E-state index contributed by atoms with van der Waals surface area (Å²) in [4.78, 5) is 71.3. The lowest BCUT2D eigenvalue weighted by Crippen LogP contribution is -2.57. The first-order chi connectivity index (χ1) is 13.4. The van der Waals surface area contributed by atoms with Crippen LogP contribution in [0, 0.1) is 0 Å². The molecule has 1 rings (SSSR count). The second-order valence-corrected chi connectivity index (χ2v) is 6.69. The van der Waals surface area contributed by atoms with Crippen molar-refractivity contribution in [3.63, 3.8) is 0 Å². The molecule has 1 saturated heterocycles. The molecule has 0 aromatic rings. The molecule has 0 aliphatic carbocycles. The van der Waals surface area contributed by atoms with Crippen molar-refractivity contribution in [1.82, 2.24) is 15.5 Å². The molecule has 0 aromatic heterocycles. The first-order valence-electron chi connectivity index (χ1n) is 8.83. The number of carbonyl (C=O) groups excluding carboxylic acids is 4. The van der Waals surface area contributed by atoms with Gasteiger partial charge in [-0.3, -0.25) is 28.8 Å². The van der Waals surface area contributed by atoms with Crippen LogP contribution in [0.5, 0.6) is 0 Å². The van der Waals surface area contributed by atoms with E-state index in [2.05, 4.69) is 10.6 Å². The summed E-state index contributed by atoms with van der Waals surface area (Å²) in [7, 11) is 0. The highest BCUT2D eigenvalue weighted by atomic mass is 16.4. The minimum Gasteiger partial charge on any atom is -0.481 e. The average molecular weight is 415 g/mol. The molecule has 0 saturated carbocycles. The van der Waals surface area contributed by atoms with Crippen LogP contribution < -0.4 is 22.1 Å². The minimum atomic E-state index is -1.45. The molecule has 13 heteroatoms. The Hall–Kier alpha value is -3.22. The van der Waals surface area contributed by atoms with Gasteiger partial charge in [0.05, 0.1) is 18.9 Å². The number of likely N-dealkylation sites (tertiary alicyclic amines) is 1. The van der Waals surface area contributed by atoms with Gasteiger partial charge in [-0.25, -0.2) is 0 Å². The number of carboxylic acid groups (broad SMARTS) is 2. The molecular weight excluding hydrogens is 390 g/mol. The van der Waals surface area contributed by atoms with Crippen molar-refractivity contribution < 1.29 is 39.0 Å². The standard InChI is InChI=1S/C16H25N5O8/c1-7(16(28)29)19-14(26)10-3-2-4-21(10)15(27)9(6-11(18)22)20-13(25)8(17)5-12(23)24/h7-10H,2-6,17H2,1H3,(H2,18,22)(H,19,26)(H,20,25)(H,23,24)(H,28,29). The Morgan fingerprint density at radius 3 is 2.24 bits per heavy atom. The second kappa shape index (κ2) is 10.4. The lowest BCUT2D eigenvalue weighted by molar-refractivity contribution is -0.145. The van der Waals surface area contributed by atoms with Gasteiger partial charge in [0.2, 0.25) is 23.6 Å². The first kappa shape index (κ1) is 23.8. The summed E-state index contributed by atoms with van der Waals surface area (Å²) in [6.45, 7) is 1.41. The van der Waals surface area contributed by atoms with E-state index in [1.807, 2.05) is 0 Å². The number of nitrogens with two attached hydrogens (primary N) is 2. The van der Waals surface area contributed by atoms with E-state index in [-0.39, 0.29) is 13.0 Å². The SMILES string of the molecule is CC(NC(=O)C1CCCN1C(=O)C(CC(N)=O)NC(=O)C(N)CC(=O)O)C(=O)O. The van der Waals surface area contributed by atoms with Gasteiger partial charge in [0.25, 0.3) is 0 Å². The van der Waals surface area contributed by atoms with E-state index in [0.29, 0.717) is 6.42 Å². The molecule has 0 bridgehead atoms. The van der Waals surface area contributed by atoms with E-state index in [1.54, 1.807) is 0 Å². The maximum atomic E-state index is 12.8. The van der Waals surface area contributed by atoms with Crippen LogP contribution in [0.1, 0.15) is 32.6 Å². The summed E-state index contributed by atoms with van der Waals surface area (Å²) in [5, 5.41) is 22.1. The molecule has 1 aliphatic rings. The number of carbonyl (C=O) groups is 6. The van der Waals surface area contributed by atoms with Gasteiger partial charge in [-0.05, 0) is 19.8 Å². The topological polar surface area (TPSA) is 222 Å². The summed E-state index contributed by atoms with van der Waals surface area (Å²) >= 11 is 0. The van der Waals surface area contributed by atoms with Crippen LogP contribution in [0.15, 0.2) is 0 Å². The Morgan fingerprint density at radius 2 is 1.72 bits per heavy atom. The molecule has 0 spiro atoms. The van der Waals surface area contributed by atoms with Crippen molar-refractivity contribution in [1.29, 1.82) is 0 Å². The third-order valence-corrected chi connectivity index (χ3v) is 4.32. The van der Waals surface area contributed by atoms with Gasteiger partial charge in [-0.2, -0.15) is 0 Å². The summed E-state index contributed by atoms with van der Waals surface area (Å²) in [6.07, 6.45) is -0.563. The van der Waals surface area contributed by atoms with Crippen molar-refractivity contribution in [3.05, 3.63) is 0 Å². The molecule has 1 heterocycles. The number of primary amides is 1. The number of aliphatic carboxylic acids is 2. The summed E-state index contributed by atoms with van der Waals surface area (Å²) in [6, 6.07) is -5.05. The van der Waals surface area contributed by atoms with Crippen LogP contribution in [0.2, 0.25) is 0 Å². The van der Waals surface area contributed by atoms with Gasteiger partial charge < -0.3 is 37.2 Å². The Labute approximate surface area is 165 Å². The highest BCUT2D eigenvalue weighted by molar-refractivity contribution is 5.97. The molecule has 13 nitrogen and oxygen atoms in total. The smallest absolute Gasteiger partial charge is 0.325 e. The van der Waals surface area contributed by atoms with Gasteiger partial charge in [-0.1, -0.05) is 0 Å². The number of nitrogens with zero attached hydrogens (tertiary/aromatic N) is 1. The third kappa shape index (κ3) is 7.03. The van der Waals surface area contributed by atoms with Gasteiger partial charge in [-0.15, -0.1) is 0 Å². The van der Waals surface area contributed by atoms with Crippen molar-refractivity contribution in [2.24, 2.45) is 11.5 Å². The van der Waals surface area contributed by atoms with Crippen molar-refractivity contribution in [2.75, 3.05) is 6.54 Å². The Morgan fingerprint density at radius 1 is 1.10 bits per heavy atom. The van der Waals surface area contributed by atoms with Crippen LogP contribution in [-0.2, 0) is 28.8 Å². The summed E-state index contributed by atoms with van der Waals surface area (Å²) < 4.78 is 0. The molecule has 162 valence electrons. The van der Waals surface area contributed by atoms with Gasteiger partial charge >= 0.3 is 11.9 Å². The zero-order chi connectivity index (χ0) is 22.3. The van der Waals surface area contributed by atoms with E-state index >= 15 is 0 Å². The van der Waals surface area contributed by atoms with E-state index in [1.165, 1.54) is 6.92 Å². The van der Waals surface area contributed by atoms with Crippen molar-refractivity contribution in [2.45, 2.75) is 56.8 Å². The van der Waals surface area contributed by atoms with E-state index < -0.39 is 72.6 Å². The number of nitrogens with one attached hydrogen (secondary N) is 2. The molecule has 4 atom stereocenters. The van der Waals surface area contributed by atoms with Crippen LogP contribution in [0.3, 0.4) is 0 Å². The molecule has 0 radical (unpaired) electrons. The molecule has 8 N–H and O–H groups in total. The van der Waals surface area contributed by atoms with Gasteiger partial charge in [0.15, 0.2) is 0 Å². The molecule has 1 fully saturated rings. The second-order valence-electron chi connectivity index (χ2n) is 6.69. The maximum absolute atomic E-state index is 12.8. The fourth-order valence-electron chi connectivity index (χ4n) is 2.84. The maximum Gasteiger partial charge on any atom is 0.325 e. The highest BCUT2D eigenvalue weighted by Crippen LogP contribution is 2.19. The zero-order valence-electron chi connectivity index (χ0n) is 15.8. The molecule has 4 unspecified atom stereocenters. The molecule has 1 aliphatic heterocycles. The number of amides is 4. The van der Waals surface area contributed by atoms with E-state index in [9.17, 15) is 28.8 Å². The first-order valence-corrected chi connectivity index (χ1v) is 8.83. The summed E-state index contributed by atoms with van der Waals surface area (Å²) in [5.74, 6) is -5.91. The predicted octanol–water partition coefficient (Wildman–Crippen LogP) is -3.27. The quantitative estimate of drug-likeness (QED) is 0.210. The number of hydrogen-bond acceptors (Lipinski definition) is 7. The molecular formula is C16H25N5O8. The van der Waals surface area contributed by atoms with Crippen LogP contribution in [-0.4, -0.2) is 81.4 Å². The highest BCUT2D eigenvalue weighted by Gasteiger charge is 2.39. The van der Waals surface area contributed by atoms with Crippen molar-refractivity contribution in [3.8, 4) is 0 Å². The van der Waals surface area contributed by atoms with Crippen LogP contribution in [0.4, 0.5) is 0 Å². The fraction of sp³-hybridized carbons (Fsp3) is 0.625. The summed E-state index contributed by atoms with van der Waals surface area (Å²) in [5.41, 5.74) is 10.6. The molecule has 29 heavy (non-hydrogen) atoms. The third-order valence-electron chi connectivity index (χ3n) is 4.32. The van der Waals surface area contributed by atoms with Crippen LogP contribution >= 0.6 is 0 Å². The Kier molecular flexibility index (Phi) is 8.51. The van der Waals surface area contributed by atoms with Gasteiger partial charge in [0.1, 0.15) is 18.1 Å². The van der Waals surface area contributed by atoms with Crippen molar-refractivity contribution >= 4 is 35.6 Å². The average Bonchev–Trinajstić information content (AvgIpc) is 3.08. The molecule has 4 amide bonds. The van der Waals surface area contributed by atoms with E-state index in [4.69, 9.17) is 21.7 Å². The lowest BCUT2D eigenvalue weighted by atomic mass is 10.1. The zero-order valence-corrected chi connectivity index (χ0v) is 15.8. The minimum absolute atomic E-state index is 0.144. The normalized spacial score (nSPS) is 19.0. The number of rotatable bonds is 10. The fourth-order valence-corrected chi connectivity index (χ4v) is 2.84. The van der Waals surface area contributed by atoms with Crippen LogP contribution in [0.25, 0.3) is 0 Å². The predicted molar refractivity (Wildman–Crippen MR) is 95.9 cm³/mol. The van der Waals surface area contributed by atoms with E-state index in [0.717, 1.165) is 4.90 Å². The lowest BCUT2D eigenvalue weighted by Gasteiger charge is -2.29. The monoisotopic (exact) mass is 415 g/mol. The Bertz CT molecular complexity index is 697. The number of hydrogen-bond donors (Lipinski definition) is 6.